The number of benzene rings is 2. The van der Waals surface area contributed by atoms with Crippen LogP contribution in [0.3, 0.4) is 0 Å². The molecular formula is C25H24N2O. The zero-order valence-corrected chi connectivity index (χ0v) is 16.6. The van der Waals surface area contributed by atoms with Gasteiger partial charge in [-0.3, -0.25) is 4.98 Å². The number of aryl methyl sites for hydroxylation is 1. The Morgan fingerprint density at radius 1 is 1.11 bits per heavy atom. The summed E-state index contributed by atoms with van der Waals surface area (Å²) in [6.45, 7) is 4.17. The molecular weight excluding hydrogens is 344 g/mol. The van der Waals surface area contributed by atoms with Crippen molar-refractivity contribution in [2.24, 2.45) is 0 Å². The van der Waals surface area contributed by atoms with Gasteiger partial charge in [-0.05, 0) is 73.1 Å². The maximum absolute atomic E-state index is 10.2. The molecule has 1 atom stereocenters. The van der Waals surface area contributed by atoms with Crippen LogP contribution in [0.4, 0.5) is 0 Å². The number of pyridine rings is 1. The summed E-state index contributed by atoms with van der Waals surface area (Å²) in [6, 6.07) is 21.1. The zero-order chi connectivity index (χ0) is 19.7. The average Bonchev–Trinajstić information content (AvgIpc) is 3.07. The predicted octanol–water partition coefficient (Wildman–Crippen LogP) is 5.32. The second-order valence-corrected chi connectivity index (χ2v) is 7.61. The van der Waals surface area contributed by atoms with E-state index in [1.807, 2.05) is 37.3 Å². The van der Waals surface area contributed by atoms with E-state index in [9.17, 15) is 5.26 Å². The summed E-state index contributed by atoms with van der Waals surface area (Å²) in [5.74, 6) is 0.842. The number of nitriles is 1. The zero-order valence-electron chi connectivity index (χ0n) is 16.6. The van der Waals surface area contributed by atoms with Crippen LogP contribution in [-0.2, 0) is 18.3 Å². The Morgan fingerprint density at radius 3 is 2.61 bits per heavy atom. The Balaban J connectivity index is 1.89. The molecule has 4 rings (SSSR count). The van der Waals surface area contributed by atoms with Gasteiger partial charge >= 0.3 is 0 Å². The van der Waals surface area contributed by atoms with E-state index in [0.717, 1.165) is 35.5 Å². The molecule has 3 nitrogen and oxygen atoms in total. The lowest BCUT2D eigenvalue weighted by molar-refractivity contribution is 0.415. The van der Waals surface area contributed by atoms with Crippen LogP contribution in [0, 0.1) is 25.2 Å². The number of rotatable bonds is 4. The number of hydrogen-bond donors (Lipinski definition) is 0. The van der Waals surface area contributed by atoms with Gasteiger partial charge < -0.3 is 4.74 Å². The van der Waals surface area contributed by atoms with Crippen molar-refractivity contribution >= 4 is 0 Å². The second kappa shape index (κ2) is 7.13. The van der Waals surface area contributed by atoms with Crippen LogP contribution < -0.4 is 4.74 Å². The van der Waals surface area contributed by atoms with Gasteiger partial charge in [0.15, 0.2) is 0 Å². The summed E-state index contributed by atoms with van der Waals surface area (Å²) < 4.78 is 5.44. The summed E-state index contributed by atoms with van der Waals surface area (Å²) in [4.78, 5) is 4.95. The van der Waals surface area contributed by atoms with Crippen LogP contribution in [-0.4, -0.2) is 12.1 Å². The second-order valence-electron chi connectivity index (χ2n) is 7.61. The van der Waals surface area contributed by atoms with Crippen LogP contribution in [0.25, 0.3) is 11.1 Å². The third kappa shape index (κ3) is 2.96. The molecule has 1 heterocycles. The van der Waals surface area contributed by atoms with E-state index in [1.54, 1.807) is 7.11 Å². The van der Waals surface area contributed by atoms with Crippen molar-refractivity contribution in [1.82, 2.24) is 4.98 Å². The highest BCUT2D eigenvalue weighted by molar-refractivity contribution is 5.75. The molecule has 0 fully saturated rings. The molecule has 1 aliphatic rings. The summed E-state index contributed by atoms with van der Waals surface area (Å²) in [5.41, 5.74) is 7.31. The van der Waals surface area contributed by atoms with Gasteiger partial charge in [0.1, 0.15) is 11.2 Å². The number of aromatic nitrogens is 1. The summed E-state index contributed by atoms with van der Waals surface area (Å²) in [6.07, 6.45) is 2.38. The number of fused-ring (bicyclic) bond motifs is 1. The molecule has 0 N–H and O–H groups in total. The Kier molecular flexibility index (Phi) is 4.65. The molecule has 0 spiro atoms. The van der Waals surface area contributed by atoms with Crippen LogP contribution in [0.2, 0.25) is 0 Å². The minimum Gasteiger partial charge on any atom is -0.497 e. The van der Waals surface area contributed by atoms with Gasteiger partial charge in [0.25, 0.3) is 0 Å². The Morgan fingerprint density at radius 2 is 1.89 bits per heavy atom. The Labute approximate surface area is 166 Å². The number of hydrogen-bond acceptors (Lipinski definition) is 3. The van der Waals surface area contributed by atoms with Crippen molar-refractivity contribution in [3.8, 4) is 22.9 Å². The molecule has 0 saturated heterocycles. The van der Waals surface area contributed by atoms with Crippen LogP contribution in [0.15, 0.2) is 54.6 Å². The standard InChI is InChI=1S/C25H24N2O/c1-17-18(2)27-24-22(23(17)20-10-7-11-21(14-20)28-3)12-13-25(24,16-26)15-19-8-5-4-6-9-19/h4-11,14H,12-13,15H2,1-3H3/t25-/m0/s1. The molecule has 3 aromatic rings. The van der Waals surface area contributed by atoms with Gasteiger partial charge in [0, 0.05) is 5.69 Å². The van der Waals surface area contributed by atoms with E-state index >= 15 is 0 Å². The minimum absolute atomic E-state index is 0.567. The summed E-state index contributed by atoms with van der Waals surface area (Å²) >= 11 is 0. The first-order chi connectivity index (χ1) is 13.6. The normalized spacial score (nSPS) is 17.8. The van der Waals surface area contributed by atoms with Crippen molar-refractivity contribution in [3.05, 3.63) is 82.7 Å². The monoisotopic (exact) mass is 368 g/mol. The first kappa shape index (κ1) is 18.3. The molecule has 2 aromatic carbocycles. The first-order valence-corrected chi connectivity index (χ1v) is 9.68. The van der Waals surface area contributed by atoms with Gasteiger partial charge in [0.05, 0.1) is 18.9 Å². The lowest BCUT2D eigenvalue weighted by Crippen LogP contribution is -2.25. The first-order valence-electron chi connectivity index (χ1n) is 9.68. The average molecular weight is 368 g/mol. The van der Waals surface area contributed by atoms with Crippen LogP contribution in [0.5, 0.6) is 5.75 Å². The molecule has 28 heavy (non-hydrogen) atoms. The molecule has 0 aliphatic heterocycles. The molecule has 140 valence electrons. The summed E-state index contributed by atoms with van der Waals surface area (Å²) in [5, 5.41) is 10.2. The van der Waals surface area contributed by atoms with Gasteiger partial charge in [0.2, 0.25) is 0 Å². The molecule has 0 saturated carbocycles. The number of ether oxygens (including phenoxy) is 1. The van der Waals surface area contributed by atoms with Gasteiger partial charge in [-0.1, -0.05) is 42.5 Å². The SMILES string of the molecule is COc1cccc(-c2c(C)c(C)nc3c2CC[C@@]3(C#N)Cc2ccccc2)c1. The molecule has 1 aromatic heterocycles. The highest BCUT2D eigenvalue weighted by atomic mass is 16.5. The Bertz CT molecular complexity index is 1070. The highest BCUT2D eigenvalue weighted by Gasteiger charge is 2.42. The van der Waals surface area contributed by atoms with Crippen LogP contribution >= 0.6 is 0 Å². The fraction of sp³-hybridized carbons (Fsp3) is 0.280. The quantitative estimate of drug-likeness (QED) is 0.626. The maximum atomic E-state index is 10.2. The van der Waals surface area contributed by atoms with E-state index in [2.05, 4.69) is 37.3 Å². The van der Waals surface area contributed by atoms with Gasteiger partial charge in [-0.2, -0.15) is 5.26 Å². The largest absolute Gasteiger partial charge is 0.497 e. The fourth-order valence-corrected chi connectivity index (χ4v) is 4.37. The number of nitrogens with zero attached hydrogens (tertiary/aromatic N) is 2. The van der Waals surface area contributed by atoms with E-state index in [0.29, 0.717) is 6.42 Å². The van der Waals surface area contributed by atoms with E-state index in [1.165, 1.54) is 22.3 Å². The summed E-state index contributed by atoms with van der Waals surface area (Å²) in [7, 11) is 1.69. The van der Waals surface area contributed by atoms with Crippen molar-refractivity contribution in [2.75, 3.05) is 7.11 Å². The van der Waals surface area contributed by atoms with E-state index in [-0.39, 0.29) is 0 Å². The highest BCUT2D eigenvalue weighted by Crippen LogP contribution is 2.45. The van der Waals surface area contributed by atoms with Crippen molar-refractivity contribution in [3.63, 3.8) is 0 Å². The van der Waals surface area contributed by atoms with Crippen molar-refractivity contribution in [2.45, 2.75) is 38.5 Å². The third-order valence-electron chi connectivity index (χ3n) is 5.96. The molecule has 1 aliphatic carbocycles. The molecule has 0 bridgehead atoms. The third-order valence-corrected chi connectivity index (χ3v) is 5.96. The van der Waals surface area contributed by atoms with Gasteiger partial charge in [-0.25, -0.2) is 0 Å². The number of methoxy groups -OCH3 is 1. The van der Waals surface area contributed by atoms with E-state index in [4.69, 9.17) is 9.72 Å². The molecule has 0 amide bonds. The van der Waals surface area contributed by atoms with Crippen molar-refractivity contribution < 1.29 is 4.74 Å². The fourth-order valence-electron chi connectivity index (χ4n) is 4.37. The lowest BCUT2D eigenvalue weighted by atomic mass is 9.80. The predicted molar refractivity (Wildman–Crippen MR) is 111 cm³/mol. The smallest absolute Gasteiger partial charge is 0.119 e. The minimum atomic E-state index is -0.567. The topological polar surface area (TPSA) is 45.9 Å². The maximum Gasteiger partial charge on any atom is 0.119 e. The van der Waals surface area contributed by atoms with Crippen molar-refractivity contribution in [1.29, 1.82) is 5.26 Å². The lowest BCUT2D eigenvalue weighted by Gasteiger charge is -2.23. The Hall–Kier alpha value is -3.12. The molecule has 0 radical (unpaired) electrons. The van der Waals surface area contributed by atoms with Gasteiger partial charge in [-0.15, -0.1) is 0 Å². The van der Waals surface area contributed by atoms with Crippen LogP contribution in [0.1, 0.15) is 34.5 Å². The van der Waals surface area contributed by atoms with E-state index < -0.39 is 5.41 Å². The molecule has 3 heteroatoms. The molecule has 0 unspecified atom stereocenters.